The number of carbonyl (C=O) groups is 1. The monoisotopic (exact) mass is 291 g/mol. The van der Waals surface area contributed by atoms with Crippen molar-refractivity contribution in [3.8, 4) is 0 Å². The van der Waals surface area contributed by atoms with Crippen molar-refractivity contribution in [2.24, 2.45) is 4.99 Å². The third-order valence-corrected chi connectivity index (χ3v) is 3.41. The third-order valence-electron chi connectivity index (χ3n) is 3.41. The van der Waals surface area contributed by atoms with E-state index in [9.17, 15) is 4.79 Å². The Bertz CT molecular complexity index is 623. The molecule has 3 nitrogen and oxygen atoms in total. The van der Waals surface area contributed by atoms with Crippen LogP contribution >= 0.6 is 0 Å². The topological polar surface area (TPSA) is 32.7 Å². The highest BCUT2D eigenvalue weighted by molar-refractivity contribution is 6.57. The molecular formula is C18H20BN2O. The van der Waals surface area contributed by atoms with E-state index in [1.54, 1.807) is 6.34 Å². The van der Waals surface area contributed by atoms with Crippen LogP contribution in [0.25, 0.3) is 0 Å². The van der Waals surface area contributed by atoms with Gasteiger partial charge in [0.05, 0.1) is 12.0 Å². The molecule has 0 aliphatic heterocycles. The molecule has 0 aromatic heterocycles. The zero-order chi connectivity index (χ0) is 15.8. The van der Waals surface area contributed by atoms with Gasteiger partial charge in [-0.05, 0) is 37.5 Å². The van der Waals surface area contributed by atoms with Crippen LogP contribution in [0.15, 0.2) is 59.6 Å². The zero-order valence-corrected chi connectivity index (χ0v) is 13.1. The molecule has 4 heteroatoms. The molecule has 0 fully saturated rings. The normalized spacial score (nSPS) is 10.6. The summed E-state index contributed by atoms with van der Waals surface area (Å²) in [6.07, 6.45) is 2.20. The number of hydrogen-bond donors (Lipinski definition) is 0. The summed E-state index contributed by atoms with van der Waals surface area (Å²) in [7, 11) is 3.92. The maximum atomic E-state index is 12.2. The fourth-order valence-electron chi connectivity index (χ4n) is 1.90. The van der Waals surface area contributed by atoms with Crippen LogP contribution in [0.2, 0.25) is 6.32 Å². The van der Waals surface area contributed by atoms with Gasteiger partial charge >= 0.3 is 0 Å². The molecular weight excluding hydrogens is 271 g/mol. The van der Waals surface area contributed by atoms with Gasteiger partial charge in [0.25, 0.3) is 0 Å². The minimum atomic E-state index is 0.116. The highest BCUT2D eigenvalue weighted by atomic mass is 16.1. The van der Waals surface area contributed by atoms with Gasteiger partial charge < -0.3 is 4.90 Å². The van der Waals surface area contributed by atoms with Crippen molar-refractivity contribution in [3.05, 3.63) is 60.2 Å². The molecule has 0 aliphatic rings. The number of benzene rings is 2. The minimum Gasteiger partial charge on any atom is -0.366 e. The summed E-state index contributed by atoms with van der Waals surface area (Å²) in [4.78, 5) is 18.5. The lowest BCUT2D eigenvalue weighted by molar-refractivity contribution is 0.101. The number of rotatable bonds is 7. The van der Waals surface area contributed by atoms with Crippen LogP contribution in [-0.2, 0) is 0 Å². The van der Waals surface area contributed by atoms with E-state index < -0.39 is 0 Å². The lowest BCUT2D eigenvalue weighted by Gasteiger charge is -2.08. The van der Waals surface area contributed by atoms with Gasteiger partial charge in [-0.2, -0.15) is 0 Å². The van der Waals surface area contributed by atoms with Crippen molar-refractivity contribution >= 4 is 30.6 Å². The average Bonchev–Trinajstić information content (AvgIpc) is 2.59. The lowest BCUT2D eigenvalue weighted by atomic mass is 9.65. The number of carbonyl (C=O) groups excluding carboxylic acids is 1. The highest BCUT2D eigenvalue weighted by Gasteiger charge is 2.07. The second kappa shape index (κ2) is 8.18. The molecule has 0 unspecified atom stereocenters. The number of ketones is 1. The van der Waals surface area contributed by atoms with E-state index in [2.05, 4.69) is 11.9 Å². The van der Waals surface area contributed by atoms with Crippen LogP contribution in [0.3, 0.4) is 0 Å². The summed E-state index contributed by atoms with van der Waals surface area (Å²) >= 11 is 0. The summed E-state index contributed by atoms with van der Waals surface area (Å²) in [6.45, 7) is 2.98. The maximum absolute atomic E-state index is 12.2. The average molecular weight is 291 g/mol. The Morgan fingerprint density at radius 2 is 1.82 bits per heavy atom. The number of hydrogen-bond acceptors (Lipinski definition) is 2. The molecule has 0 saturated carbocycles. The summed E-state index contributed by atoms with van der Waals surface area (Å²) in [5.41, 5.74) is 2.64. The Balaban J connectivity index is 1.92. The lowest BCUT2D eigenvalue weighted by Crippen LogP contribution is -2.16. The largest absolute Gasteiger partial charge is 0.366 e. The van der Waals surface area contributed by atoms with Gasteiger partial charge in [0, 0.05) is 19.2 Å². The molecule has 0 atom stereocenters. The molecule has 2 aromatic rings. The highest BCUT2D eigenvalue weighted by Crippen LogP contribution is 2.14. The van der Waals surface area contributed by atoms with Crippen molar-refractivity contribution in [1.82, 2.24) is 4.90 Å². The second-order valence-electron chi connectivity index (χ2n) is 5.11. The Kier molecular flexibility index (Phi) is 5.96. The minimum absolute atomic E-state index is 0.116. The summed E-state index contributed by atoms with van der Waals surface area (Å²) in [5, 5.41) is 0. The molecule has 2 aromatic carbocycles. The molecule has 22 heavy (non-hydrogen) atoms. The van der Waals surface area contributed by atoms with E-state index in [1.165, 1.54) is 0 Å². The van der Waals surface area contributed by atoms with Crippen molar-refractivity contribution in [2.45, 2.75) is 13.2 Å². The standard InChI is InChI=1S/C18H20BN2O/c1-3-21(2)14-20-17-11-9-15(10-12-17)18(22)13-19-16-7-5-4-6-8-16/h4-12,14H,3,13H2,1-2H3. The van der Waals surface area contributed by atoms with E-state index in [-0.39, 0.29) is 5.78 Å². The number of aliphatic imine (C=N–C) groups is 1. The first-order chi connectivity index (χ1) is 10.7. The van der Waals surface area contributed by atoms with Gasteiger partial charge in [-0.15, -0.1) is 0 Å². The molecule has 0 saturated heterocycles. The van der Waals surface area contributed by atoms with E-state index in [4.69, 9.17) is 0 Å². The maximum Gasteiger partial charge on any atom is 0.160 e. The SMILES string of the molecule is CCN(C)C=Nc1ccc(C(=O)C[B]c2ccccc2)cc1. The first kappa shape index (κ1) is 16.0. The molecule has 0 spiro atoms. The number of nitrogens with zero attached hydrogens (tertiary/aromatic N) is 2. The predicted molar refractivity (Wildman–Crippen MR) is 93.9 cm³/mol. The van der Waals surface area contributed by atoms with E-state index in [1.807, 2.05) is 73.8 Å². The Morgan fingerprint density at radius 3 is 2.45 bits per heavy atom. The van der Waals surface area contributed by atoms with Gasteiger partial charge in [0.1, 0.15) is 0 Å². The van der Waals surface area contributed by atoms with Gasteiger partial charge in [0.2, 0.25) is 0 Å². The molecule has 0 N–H and O–H groups in total. The van der Waals surface area contributed by atoms with Crippen molar-refractivity contribution in [2.75, 3.05) is 13.6 Å². The molecule has 0 bridgehead atoms. The smallest absolute Gasteiger partial charge is 0.160 e. The van der Waals surface area contributed by atoms with E-state index in [0.717, 1.165) is 23.3 Å². The summed E-state index contributed by atoms with van der Waals surface area (Å²) in [6, 6.07) is 17.3. The number of Topliss-reactive ketones (excluding diaryl/α,β-unsaturated/α-hetero) is 1. The van der Waals surface area contributed by atoms with Crippen molar-refractivity contribution in [1.29, 1.82) is 0 Å². The fourth-order valence-corrected chi connectivity index (χ4v) is 1.90. The Morgan fingerprint density at radius 1 is 1.14 bits per heavy atom. The van der Waals surface area contributed by atoms with Crippen LogP contribution in [0.4, 0.5) is 5.69 Å². The Labute approximate surface area is 132 Å². The molecule has 2 rings (SSSR count). The van der Waals surface area contributed by atoms with Gasteiger partial charge in [-0.1, -0.05) is 35.8 Å². The first-order valence-electron chi connectivity index (χ1n) is 7.45. The summed E-state index contributed by atoms with van der Waals surface area (Å²) in [5.74, 6) is 0.116. The second-order valence-corrected chi connectivity index (χ2v) is 5.11. The first-order valence-corrected chi connectivity index (χ1v) is 7.45. The van der Waals surface area contributed by atoms with Gasteiger partial charge in [-0.25, -0.2) is 4.99 Å². The molecule has 1 radical (unpaired) electrons. The fraction of sp³-hybridized carbons (Fsp3) is 0.222. The Hall–Kier alpha value is -2.36. The van der Waals surface area contributed by atoms with Gasteiger partial charge in [0.15, 0.2) is 13.1 Å². The van der Waals surface area contributed by atoms with Crippen LogP contribution in [0.5, 0.6) is 0 Å². The summed E-state index contributed by atoms with van der Waals surface area (Å²) < 4.78 is 0. The zero-order valence-electron chi connectivity index (χ0n) is 13.1. The van der Waals surface area contributed by atoms with Crippen molar-refractivity contribution < 1.29 is 4.79 Å². The molecule has 0 heterocycles. The van der Waals surface area contributed by atoms with Crippen molar-refractivity contribution in [3.63, 3.8) is 0 Å². The van der Waals surface area contributed by atoms with E-state index in [0.29, 0.717) is 6.32 Å². The van der Waals surface area contributed by atoms with Crippen LogP contribution < -0.4 is 5.46 Å². The molecule has 0 aliphatic carbocycles. The van der Waals surface area contributed by atoms with E-state index >= 15 is 0 Å². The van der Waals surface area contributed by atoms with Gasteiger partial charge in [-0.3, -0.25) is 4.79 Å². The van der Waals surface area contributed by atoms with Crippen LogP contribution in [-0.4, -0.2) is 37.9 Å². The quantitative estimate of drug-likeness (QED) is 0.340. The van der Waals surface area contributed by atoms with Crippen LogP contribution in [0.1, 0.15) is 17.3 Å². The molecule has 111 valence electrons. The van der Waals surface area contributed by atoms with Crippen LogP contribution in [0, 0.1) is 0 Å². The predicted octanol–water partition coefficient (Wildman–Crippen LogP) is 2.93. The molecule has 0 amide bonds. The third kappa shape index (κ3) is 4.88.